The average molecular weight is 465 g/mol. The molecular weight excluding hydrogens is 431 g/mol. The van der Waals surface area contributed by atoms with Crippen LogP contribution in [0.5, 0.6) is 0 Å². The number of unbranched alkanes of at least 4 members (excludes halogenated alkanes) is 2. The standard InChI is InChI=1S/C10H16O6.2C4H9.Sn/c1-10(2)15-8-7(13-3)6(5(12)4-11)14-9(8)16-10;2*1-3-4-2;/h5-9H,4H2,1-3H3;2*1,3-4H2,2H3;/q-2;;;+2/t5-,6-,7+,8-,9-;;;/m1.../s1. The van der Waals surface area contributed by atoms with E-state index < -0.39 is 25.0 Å². The number of hydrogen-bond acceptors (Lipinski definition) is 6. The molecule has 3 fully saturated rings. The number of hydrogen-bond donors (Lipinski definition) is 0. The van der Waals surface area contributed by atoms with Gasteiger partial charge in [-0.3, -0.25) is 0 Å². The molecule has 3 aliphatic rings. The summed E-state index contributed by atoms with van der Waals surface area (Å²) in [6.07, 6.45) is 3.74. The molecule has 146 valence electrons. The average Bonchev–Trinajstić information content (AvgIpc) is 3.21. The molecule has 0 spiro atoms. The first-order chi connectivity index (χ1) is 11.9. The monoisotopic (exact) mass is 466 g/mol. The van der Waals surface area contributed by atoms with Gasteiger partial charge in [0.05, 0.1) is 0 Å². The number of ether oxygens (including phenoxy) is 4. The van der Waals surface area contributed by atoms with E-state index in [2.05, 4.69) is 13.8 Å². The van der Waals surface area contributed by atoms with Crippen molar-refractivity contribution in [2.75, 3.05) is 13.7 Å². The first kappa shape index (κ1) is 20.3. The van der Waals surface area contributed by atoms with E-state index in [1.807, 2.05) is 13.8 Å². The topological polar surface area (TPSA) is 55.4 Å². The summed E-state index contributed by atoms with van der Waals surface area (Å²) in [5.74, 6) is -0.630. The Labute approximate surface area is 156 Å². The van der Waals surface area contributed by atoms with E-state index in [0.717, 1.165) is 8.87 Å². The molecular formula is C18H34O6Sn. The maximum atomic E-state index is 6.66. The van der Waals surface area contributed by atoms with Crippen LogP contribution in [0.1, 0.15) is 53.4 Å². The Kier molecular flexibility index (Phi) is 6.73. The van der Waals surface area contributed by atoms with Gasteiger partial charge in [0.2, 0.25) is 0 Å². The molecule has 5 atom stereocenters. The van der Waals surface area contributed by atoms with Crippen LogP contribution in [0.3, 0.4) is 0 Å². The van der Waals surface area contributed by atoms with Gasteiger partial charge in [0.25, 0.3) is 0 Å². The van der Waals surface area contributed by atoms with Crippen LogP contribution in [0.15, 0.2) is 0 Å². The molecule has 0 aromatic rings. The summed E-state index contributed by atoms with van der Waals surface area (Å²) in [5, 5.41) is 0. The maximum absolute atomic E-state index is 6.66. The molecule has 3 aliphatic heterocycles. The van der Waals surface area contributed by atoms with Crippen molar-refractivity contribution in [1.82, 2.24) is 0 Å². The number of fused-ring (bicyclic) bond motifs is 1. The Morgan fingerprint density at radius 2 is 1.72 bits per heavy atom. The van der Waals surface area contributed by atoms with Crippen LogP contribution in [-0.2, 0) is 25.1 Å². The fraction of sp³-hybridized carbons (Fsp3) is 1.00. The fourth-order valence-electron chi connectivity index (χ4n) is 4.09. The molecule has 3 rings (SSSR count). The van der Waals surface area contributed by atoms with Crippen molar-refractivity contribution in [3.8, 4) is 0 Å². The van der Waals surface area contributed by atoms with Gasteiger partial charge < -0.3 is 0 Å². The molecule has 0 aromatic carbocycles. The Bertz CT molecular complexity index is 437. The summed E-state index contributed by atoms with van der Waals surface area (Å²) in [6, 6.07) is 0. The third-order valence-corrected chi connectivity index (χ3v) is 15.8. The molecule has 0 N–H and O–H groups in total. The summed E-state index contributed by atoms with van der Waals surface area (Å²) >= 11 is -2.98. The summed E-state index contributed by atoms with van der Waals surface area (Å²) in [7, 11) is 1.71. The van der Waals surface area contributed by atoms with E-state index in [1.54, 1.807) is 7.11 Å². The molecule has 0 aromatic heterocycles. The van der Waals surface area contributed by atoms with Gasteiger partial charge in [-0.2, -0.15) is 0 Å². The normalized spacial score (nSPS) is 39.0. The van der Waals surface area contributed by atoms with Crippen LogP contribution in [0, 0.1) is 0 Å². The van der Waals surface area contributed by atoms with Crippen molar-refractivity contribution in [3.05, 3.63) is 0 Å². The SMILES string of the molecule is CCC[CH2][Sn]1([CH2]CCC)[O]C[C@H]([C@H]2O[C@@H]3OC(C)(C)O[C@@H]3[C@H]2OC)[O]1. The third-order valence-electron chi connectivity index (χ3n) is 5.36. The van der Waals surface area contributed by atoms with Crippen LogP contribution in [0.25, 0.3) is 0 Å². The summed E-state index contributed by atoms with van der Waals surface area (Å²) < 4.78 is 39.1. The molecule has 7 heteroatoms. The van der Waals surface area contributed by atoms with Crippen LogP contribution in [0.4, 0.5) is 0 Å². The predicted octanol–water partition coefficient (Wildman–Crippen LogP) is 3.34. The quantitative estimate of drug-likeness (QED) is 0.513. The first-order valence-corrected chi connectivity index (χ1v) is 16.2. The van der Waals surface area contributed by atoms with Crippen molar-refractivity contribution < 1.29 is 25.1 Å². The van der Waals surface area contributed by atoms with Crippen molar-refractivity contribution in [2.24, 2.45) is 0 Å². The van der Waals surface area contributed by atoms with E-state index in [4.69, 9.17) is 25.1 Å². The molecule has 6 nitrogen and oxygen atoms in total. The molecule has 0 radical (unpaired) electrons. The summed E-state index contributed by atoms with van der Waals surface area (Å²) in [5.41, 5.74) is 0. The minimum atomic E-state index is -2.98. The molecule has 0 bridgehead atoms. The van der Waals surface area contributed by atoms with E-state index in [-0.39, 0.29) is 30.7 Å². The second-order valence-electron chi connectivity index (χ2n) is 7.85. The van der Waals surface area contributed by atoms with Crippen LogP contribution in [-0.4, -0.2) is 69.4 Å². The Morgan fingerprint density at radius 1 is 1.04 bits per heavy atom. The zero-order valence-electron chi connectivity index (χ0n) is 16.3. The zero-order valence-corrected chi connectivity index (χ0v) is 19.1. The Hall–Kier alpha value is 0.559. The first-order valence-electron chi connectivity index (χ1n) is 9.79. The molecule has 0 aliphatic carbocycles. The predicted molar refractivity (Wildman–Crippen MR) is 95.5 cm³/mol. The van der Waals surface area contributed by atoms with Crippen molar-refractivity contribution in [1.29, 1.82) is 0 Å². The van der Waals surface area contributed by atoms with Crippen molar-refractivity contribution in [3.63, 3.8) is 0 Å². The van der Waals surface area contributed by atoms with Crippen LogP contribution < -0.4 is 0 Å². The van der Waals surface area contributed by atoms with Crippen LogP contribution in [0.2, 0.25) is 8.87 Å². The van der Waals surface area contributed by atoms with Gasteiger partial charge in [0.15, 0.2) is 0 Å². The molecule has 0 saturated carbocycles. The van der Waals surface area contributed by atoms with Gasteiger partial charge >= 0.3 is 157 Å². The molecule has 3 heterocycles. The minimum absolute atomic E-state index is 0.0598. The van der Waals surface area contributed by atoms with E-state index in [1.165, 1.54) is 25.7 Å². The second kappa shape index (κ2) is 8.29. The molecule has 25 heavy (non-hydrogen) atoms. The van der Waals surface area contributed by atoms with Gasteiger partial charge in [-0.25, -0.2) is 0 Å². The van der Waals surface area contributed by atoms with Crippen molar-refractivity contribution in [2.45, 2.75) is 98.7 Å². The van der Waals surface area contributed by atoms with E-state index in [0.29, 0.717) is 6.61 Å². The van der Waals surface area contributed by atoms with Crippen molar-refractivity contribution >= 4 is 19.2 Å². The molecule has 0 unspecified atom stereocenters. The van der Waals surface area contributed by atoms with Gasteiger partial charge in [0.1, 0.15) is 0 Å². The summed E-state index contributed by atoms with van der Waals surface area (Å²) in [6.45, 7) is 8.89. The summed E-state index contributed by atoms with van der Waals surface area (Å²) in [4.78, 5) is 0. The Morgan fingerprint density at radius 3 is 2.32 bits per heavy atom. The van der Waals surface area contributed by atoms with Gasteiger partial charge in [-0.05, 0) is 0 Å². The van der Waals surface area contributed by atoms with E-state index in [9.17, 15) is 0 Å². The molecule has 0 amide bonds. The number of methoxy groups -OCH3 is 1. The van der Waals surface area contributed by atoms with Gasteiger partial charge in [0, 0.05) is 0 Å². The van der Waals surface area contributed by atoms with Crippen LogP contribution >= 0.6 is 0 Å². The van der Waals surface area contributed by atoms with E-state index >= 15 is 0 Å². The number of rotatable bonds is 8. The fourth-order valence-corrected chi connectivity index (χ4v) is 15.1. The van der Waals surface area contributed by atoms with Gasteiger partial charge in [-0.15, -0.1) is 0 Å². The zero-order chi connectivity index (χ0) is 18.1. The molecule has 3 saturated heterocycles. The third kappa shape index (κ3) is 4.36. The van der Waals surface area contributed by atoms with Gasteiger partial charge in [-0.1, -0.05) is 0 Å². The Balaban J connectivity index is 1.66. The second-order valence-corrected chi connectivity index (χ2v) is 17.4.